The predicted molar refractivity (Wildman–Crippen MR) is 140 cm³/mol. The van der Waals surface area contributed by atoms with Crippen molar-refractivity contribution in [3.63, 3.8) is 0 Å². The molecular weight excluding hydrogens is 486 g/mol. The number of aliphatic carboxylic acids is 1. The molecule has 0 unspecified atom stereocenters. The largest absolute Gasteiger partial charge is 0.487 e. The minimum absolute atomic E-state index is 0.0110. The summed E-state index contributed by atoms with van der Waals surface area (Å²) in [5.41, 5.74) is 3.07. The molecule has 3 aromatic carbocycles. The molecule has 1 heterocycles. The second kappa shape index (κ2) is 12.9. The van der Waals surface area contributed by atoms with Crippen LogP contribution in [-0.4, -0.2) is 34.2 Å². The molecule has 0 fully saturated rings. The van der Waals surface area contributed by atoms with Crippen LogP contribution < -0.4 is 10.1 Å². The van der Waals surface area contributed by atoms with E-state index in [1.165, 1.54) is 0 Å². The smallest absolute Gasteiger partial charge is 0.305 e. The van der Waals surface area contributed by atoms with Gasteiger partial charge < -0.3 is 24.4 Å². The summed E-state index contributed by atoms with van der Waals surface area (Å²) in [7, 11) is 0. The third-order valence-corrected chi connectivity index (χ3v) is 5.49. The third kappa shape index (κ3) is 7.30. The highest BCUT2D eigenvalue weighted by molar-refractivity contribution is 6.45. The van der Waals surface area contributed by atoms with Crippen molar-refractivity contribution in [3.8, 4) is 17.2 Å². The minimum Gasteiger partial charge on any atom is -0.487 e. The zero-order valence-corrected chi connectivity index (χ0v) is 20.8. The van der Waals surface area contributed by atoms with Crippen LogP contribution in [0.5, 0.6) is 5.75 Å². The molecule has 4 aromatic rings. The molecule has 0 atom stereocenters. The average molecular weight is 514 g/mol. The van der Waals surface area contributed by atoms with E-state index in [2.05, 4.69) is 15.5 Å². The monoisotopic (exact) mass is 513 g/mol. The Bertz CT molecular complexity index is 1380. The molecule has 1 amide bonds. The topological polar surface area (TPSA) is 123 Å². The molecule has 2 N–H and O–H groups in total. The van der Waals surface area contributed by atoms with Crippen LogP contribution in [0.25, 0.3) is 11.5 Å². The molecule has 0 aliphatic rings. The molecule has 0 saturated carbocycles. The number of carbonyl (C=O) groups is 2. The van der Waals surface area contributed by atoms with Crippen LogP contribution >= 0.6 is 0 Å². The van der Waals surface area contributed by atoms with E-state index in [4.69, 9.17) is 19.1 Å². The maximum Gasteiger partial charge on any atom is 0.305 e. The second-order valence-electron chi connectivity index (χ2n) is 8.30. The fraction of sp³-hybridized carbons (Fsp3) is 0.172. The number of amides is 1. The normalized spacial score (nSPS) is 11.1. The molecule has 0 saturated heterocycles. The number of carbonyl (C=O) groups excluding carboxylic acids is 1. The number of hydrogen-bond donors (Lipinski definition) is 2. The van der Waals surface area contributed by atoms with Crippen molar-refractivity contribution >= 4 is 17.6 Å². The first-order chi connectivity index (χ1) is 18.5. The molecular formula is C29H27N3O6. The molecule has 194 valence electrons. The van der Waals surface area contributed by atoms with E-state index in [0.29, 0.717) is 23.0 Å². The molecule has 0 aliphatic carbocycles. The van der Waals surface area contributed by atoms with Crippen molar-refractivity contribution in [3.05, 3.63) is 108 Å². The van der Waals surface area contributed by atoms with Gasteiger partial charge in [-0.15, -0.1) is 0 Å². The number of carboxylic acid groups (broad SMARTS) is 1. The zero-order valence-electron chi connectivity index (χ0n) is 20.8. The minimum atomic E-state index is -1.000. The van der Waals surface area contributed by atoms with Gasteiger partial charge in [-0.25, -0.2) is 4.98 Å². The second-order valence-corrected chi connectivity index (χ2v) is 8.30. The van der Waals surface area contributed by atoms with Crippen LogP contribution in [0.15, 0.2) is 94.5 Å². The zero-order chi connectivity index (χ0) is 26.7. The number of oxazole rings is 1. The molecule has 9 nitrogen and oxygen atoms in total. The summed E-state index contributed by atoms with van der Waals surface area (Å²) in [5.74, 6) is 0.400. The van der Waals surface area contributed by atoms with Gasteiger partial charge in [-0.05, 0) is 36.8 Å². The standard InChI is InChI=1S/C29H27N3O6/c1-20-25(31-29(38-20)23-10-6-3-7-11-23)19-36-24-14-12-21(13-15-24)18-37-32-27(22-8-4-2-5-9-22)28(35)30-17-16-26(33)34/h2-15H,16-19H2,1H3,(H,30,35)(H,33,34)/b32-27-. The van der Waals surface area contributed by atoms with Crippen LogP contribution in [-0.2, 0) is 27.6 Å². The van der Waals surface area contributed by atoms with Gasteiger partial charge in [0.25, 0.3) is 5.91 Å². The van der Waals surface area contributed by atoms with E-state index in [0.717, 1.165) is 16.8 Å². The predicted octanol–water partition coefficient (Wildman–Crippen LogP) is 4.74. The summed E-state index contributed by atoms with van der Waals surface area (Å²) in [6.45, 7) is 2.24. The Morgan fingerprint density at radius 1 is 0.947 bits per heavy atom. The number of carboxylic acids is 1. The van der Waals surface area contributed by atoms with Crippen molar-refractivity contribution in [2.75, 3.05) is 6.54 Å². The Morgan fingerprint density at radius 3 is 2.32 bits per heavy atom. The van der Waals surface area contributed by atoms with Gasteiger partial charge >= 0.3 is 5.97 Å². The van der Waals surface area contributed by atoms with Gasteiger partial charge in [-0.3, -0.25) is 9.59 Å². The maximum absolute atomic E-state index is 12.6. The summed E-state index contributed by atoms with van der Waals surface area (Å²) >= 11 is 0. The lowest BCUT2D eigenvalue weighted by Gasteiger charge is -2.08. The number of nitrogens with zero attached hydrogens (tertiary/aromatic N) is 2. The number of rotatable bonds is 12. The first kappa shape index (κ1) is 26.2. The highest BCUT2D eigenvalue weighted by atomic mass is 16.6. The number of hydrogen-bond acceptors (Lipinski definition) is 7. The number of aromatic nitrogens is 1. The molecule has 0 bridgehead atoms. The van der Waals surface area contributed by atoms with Gasteiger partial charge in [0.15, 0.2) is 5.71 Å². The van der Waals surface area contributed by atoms with E-state index >= 15 is 0 Å². The van der Waals surface area contributed by atoms with E-state index in [9.17, 15) is 9.59 Å². The van der Waals surface area contributed by atoms with Gasteiger partial charge in [0, 0.05) is 17.7 Å². The van der Waals surface area contributed by atoms with E-state index in [-0.39, 0.29) is 31.9 Å². The highest BCUT2D eigenvalue weighted by Crippen LogP contribution is 2.23. The van der Waals surface area contributed by atoms with Crippen molar-refractivity contribution in [1.82, 2.24) is 10.3 Å². The average Bonchev–Trinajstić information content (AvgIpc) is 3.31. The summed E-state index contributed by atoms with van der Waals surface area (Å²) in [6.07, 6.45) is -0.187. The molecule has 0 radical (unpaired) electrons. The van der Waals surface area contributed by atoms with Crippen molar-refractivity contribution in [2.45, 2.75) is 26.6 Å². The van der Waals surface area contributed by atoms with E-state index in [1.807, 2.05) is 67.6 Å². The summed E-state index contributed by atoms with van der Waals surface area (Å²) in [6, 6.07) is 25.8. The Labute approximate surface area is 219 Å². The van der Waals surface area contributed by atoms with Crippen LogP contribution in [0.3, 0.4) is 0 Å². The Kier molecular flexibility index (Phi) is 8.85. The third-order valence-electron chi connectivity index (χ3n) is 5.49. The van der Waals surface area contributed by atoms with Gasteiger partial charge in [0.05, 0.1) is 6.42 Å². The number of benzene rings is 3. The van der Waals surface area contributed by atoms with E-state index in [1.54, 1.807) is 24.3 Å². The van der Waals surface area contributed by atoms with Crippen molar-refractivity contribution in [1.29, 1.82) is 0 Å². The maximum atomic E-state index is 12.6. The molecule has 9 heteroatoms. The Morgan fingerprint density at radius 2 is 1.63 bits per heavy atom. The van der Waals surface area contributed by atoms with Gasteiger partial charge in [0.2, 0.25) is 5.89 Å². The quantitative estimate of drug-likeness (QED) is 0.207. The molecule has 4 rings (SSSR count). The van der Waals surface area contributed by atoms with Crippen LogP contribution in [0.2, 0.25) is 0 Å². The van der Waals surface area contributed by atoms with Gasteiger partial charge in [-0.2, -0.15) is 0 Å². The van der Waals surface area contributed by atoms with Crippen molar-refractivity contribution < 1.29 is 28.7 Å². The first-order valence-electron chi connectivity index (χ1n) is 12.0. The summed E-state index contributed by atoms with van der Waals surface area (Å²) in [5, 5.41) is 15.4. The molecule has 38 heavy (non-hydrogen) atoms. The summed E-state index contributed by atoms with van der Waals surface area (Å²) in [4.78, 5) is 33.3. The molecule has 1 aromatic heterocycles. The number of aryl methyl sites for hydroxylation is 1. The number of nitrogens with one attached hydrogen (secondary N) is 1. The fourth-order valence-electron chi connectivity index (χ4n) is 3.46. The lowest BCUT2D eigenvalue weighted by molar-refractivity contribution is -0.136. The first-order valence-corrected chi connectivity index (χ1v) is 12.0. The number of oxime groups is 1. The highest BCUT2D eigenvalue weighted by Gasteiger charge is 2.15. The van der Waals surface area contributed by atoms with Crippen molar-refractivity contribution in [2.24, 2.45) is 5.16 Å². The van der Waals surface area contributed by atoms with Crippen LogP contribution in [0.4, 0.5) is 0 Å². The summed E-state index contributed by atoms with van der Waals surface area (Å²) < 4.78 is 11.7. The lowest BCUT2D eigenvalue weighted by atomic mass is 10.1. The fourth-order valence-corrected chi connectivity index (χ4v) is 3.46. The Balaban J connectivity index is 1.33. The van der Waals surface area contributed by atoms with Crippen LogP contribution in [0.1, 0.15) is 29.0 Å². The Hall–Kier alpha value is -4.92. The van der Waals surface area contributed by atoms with E-state index < -0.39 is 11.9 Å². The SMILES string of the molecule is Cc1oc(-c2ccccc2)nc1COc1ccc(CO/N=C(\C(=O)NCCC(=O)O)c2ccccc2)cc1. The number of ether oxygens (including phenoxy) is 1. The molecule has 0 spiro atoms. The van der Waals surface area contributed by atoms with Gasteiger partial charge in [-0.1, -0.05) is 65.8 Å². The lowest BCUT2D eigenvalue weighted by Crippen LogP contribution is -2.33. The van der Waals surface area contributed by atoms with Crippen LogP contribution in [0, 0.1) is 6.92 Å². The van der Waals surface area contributed by atoms with Gasteiger partial charge in [0.1, 0.15) is 30.4 Å². The molecule has 0 aliphatic heterocycles.